The number of aryl methyl sites for hydroxylation is 2. The summed E-state index contributed by atoms with van der Waals surface area (Å²) in [5.74, 6) is -0.289. The fourth-order valence-electron chi connectivity index (χ4n) is 2.12. The fraction of sp³-hybridized carbons (Fsp3) is 0.357. The van der Waals surface area contributed by atoms with Crippen LogP contribution in [0.1, 0.15) is 24.2 Å². The standard InChI is InChI=1S/C14H18FN3O/c1-3-18-9-16-7-14(18)13(8-19)17-12-5-10(2)4-11(15)6-12/h4-7,9,13,17,19H,3,8H2,1-2H3. The van der Waals surface area contributed by atoms with E-state index in [2.05, 4.69) is 10.3 Å². The maximum absolute atomic E-state index is 13.4. The van der Waals surface area contributed by atoms with Crippen molar-refractivity contribution in [2.24, 2.45) is 0 Å². The average Bonchev–Trinajstić information content (AvgIpc) is 2.82. The van der Waals surface area contributed by atoms with Crippen LogP contribution < -0.4 is 5.32 Å². The lowest BCUT2D eigenvalue weighted by atomic mass is 10.1. The van der Waals surface area contributed by atoms with Gasteiger partial charge in [0.25, 0.3) is 0 Å². The number of aromatic nitrogens is 2. The second kappa shape index (κ2) is 5.84. The molecule has 1 atom stereocenters. The van der Waals surface area contributed by atoms with Crippen LogP contribution in [0.5, 0.6) is 0 Å². The van der Waals surface area contributed by atoms with Gasteiger partial charge in [0.05, 0.1) is 30.9 Å². The maximum Gasteiger partial charge on any atom is 0.125 e. The molecule has 0 saturated carbocycles. The number of hydrogen-bond acceptors (Lipinski definition) is 3. The Morgan fingerprint density at radius 1 is 1.42 bits per heavy atom. The molecule has 4 nitrogen and oxygen atoms in total. The van der Waals surface area contributed by atoms with Crippen molar-refractivity contribution in [1.82, 2.24) is 9.55 Å². The molecular formula is C14H18FN3O. The molecule has 0 saturated heterocycles. The fourth-order valence-corrected chi connectivity index (χ4v) is 2.12. The van der Waals surface area contributed by atoms with Crippen molar-refractivity contribution in [3.05, 3.63) is 47.8 Å². The summed E-state index contributed by atoms with van der Waals surface area (Å²) >= 11 is 0. The highest BCUT2D eigenvalue weighted by Crippen LogP contribution is 2.21. The van der Waals surface area contributed by atoms with E-state index in [1.807, 2.05) is 24.5 Å². The smallest absolute Gasteiger partial charge is 0.125 e. The average molecular weight is 263 g/mol. The van der Waals surface area contributed by atoms with Gasteiger partial charge in [-0.3, -0.25) is 0 Å². The van der Waals surface area contributed by atoms with Crippen molar-refractivity contribution in [1.29, 1.82) is 0 Å². The Bertz CT molecular complexity index is 533. The Morgan fingerprint density at radius 2 is 2.21 bits per heavy atom. The van der Waals surface area contributed by atoms with Crippen LogP contribution in [-0.2, 0) is 6.54 Å². The van der Waals surface area contributed by atoms with Gasteiger partial charge in [-0.05, 0) is 37.6 Å². The predicted octanol–water partition coefficient (Wildman–Crippen LogP) is 2.50. The van der Waals surface area contributed by atoms with Gasteiger partial charge < -0.3 is 15.0 Å². The van der Waals surface area contributed by atoms with Gasteiger partial charge in [0, 0.05) is 12.2 Å². The normalized spacial score (nSPS) is 12.4. The summed E-state index contributed by atoms with van der Waals surface area (Å²) in [4.78, 5) is 4.08. The van der Waals surface area contributed by atoms with E-state index in [1.54, 1.807) is 12.5 Å². The Kier molecular flexibility index (Phi) is 4.16. The summed E-state index contributed by atoms with van der Waals surface area (Å²) in [5, 5.41) is 12.7. The summed E-state index contributed by atoms with van der Waals surface area (Å²) in [6, 6.07) is 4.43. The minimum absolute atomic E-state index is 0.0821. The third kappa shape index (κ3) is 3.12. The predicted molar refractivity (Wildman–Crippen MR) is 72.5 cm³/mol. The Balaban J connectivity index is 2.24. The van der Waals surface area contributed by atoms with Crippen LogP contribution >= 0.6 is 0 Å². The number of nitrogens with one attached hydrogen (secondary N) is 1. The van der Waals surface area contributed by atoms with Crippen LogP contribution in [0.2, 0.25) is 0 Å². The first kappa shape index (κ1) is 13.5. The first-order valence-electron chi connectivity index (χ1n) is 6.28. The molecule has 102 valence electrons. The van der Waals surface area contributed by atoms with E-state index in [-0.39, 0.29) is 18.5 Å². The summed E-state index contributed by atoms with van der Waals surface area (Å²) < 4.78 is 15.3. The zero-order valence-corrected chi connectivity index (χ0v) is 11.1. The van der Waals surface area contributed by atoms with Crippen LogP contribution in [0.4, 0.5) is 10.1 Å². The molecule has 2 rings (SSSR count). The second-order valence-corrected chi connectivity index (χ2v) is 4.50. The molecule has 0 aliphatic heterocycles. The van der Waals surface area contributed by atoms with Gasteiger partial charge in [0.2, 0.25) is 0 Å². The molecule has 0 radical (unpaired) electrons. The molecule has 1 unspecified atom stereocenters. The highest BCUT2D eigenvalue weighted by Gasteiger charge is 2.15. The number of imidazole rings is 1. The number of rotatable bonds is 5. The molecule has 1 heterocycles. The molecule has 0 amide bonds. The van der Waals surface area contributed by atoms with Crippen LogP contribution in [0, 0.1) is 12.7 Å². The van der Waals surface area contributed by atoms with Gasteiger partial charge in [-0.15, -0.1) is 0 Å². The molecule has 1 aromatic heterocycles. The van der Waals surface area contributed by atoms with Crippen molar-refractivity contribution >= 4 is 5.69 Å². The van der Waals surface area contributed by atoms with Gasteiger partial charge in [-0.2, -0.15) is 0 Å². The summed E-state index contributed by atoms with van der Waals surface area (Å²) in [6.07, 6.45) is 3.43. The molecule has 1 aromatic carbocycles. The van der Waals surface area contributed by atoms with E-state index >= 15 is 0 Å². The Hall–Kier alpha value is -1.88. The number of aliphatic hydroxyl groups excluding tert-OH is 1. The molecule has 19 heavy (non-hydrogen) atoms. The topological polar surface area (TPSA) is 50.1 Å². The molecule has 0 aliphatic carbocycles. The van der Waals surface area contributed by atoms with E-state index in [0.717, 1.165) is 17.8 Å². The highest BCUT2D eigenvalue weighted by molar-refractivity contribution is 5.47. The van der Waals surface area contributed by atoms with Crippen molar-refractivity contribution < 1.29 is 9.50 Å². The van der Waals surface area contributed by atoms with E-state index in [4.69, 9.17) is 0 Å². The van der Waals surface area contributed by atoms with Crippen LogP contribution in [0.15, 0.2) is 30.7 Å². The van der Waals surface area contributed by atoms with Crippen molar-refractivity contribution in [2.45, 2.75) is 26.4 Å². The van der Waals surface area contributed by atoms with Crippen molar-refractivity contribution in [3.63, 3.8) is 0 Å². The van der Waals surface area contributed by atoms with Gasteiger partial charge in [0.15, 0.2) is 0 Å². The lowest BCUT2D eigenvalue weighted by Crippen LogP contribution is -2.18. The Labute approximate surface area is 111 Å². The van der Waals surface area contributed by atoms with Gasteiger partial charge >= 0.3 is 0 Å². The van der Waals surface area contributed by atoms with Crippen LogP contribution in [0.25, 0.3) is 0 Å². The molecule has 2 N–H and O–H groups in total. The van der Waals surface area contributed by atoms with E-state index in [0.29, 0.717) is 5.69 Å². The zero-order valence-electron chi connectivity index (χ0n) is 11.1. The molecular weight excluding hydrogens is 245 g/mol. The Morgan fingerprint density at radius 3 is 2.84 bits per heavy atom. The summed E-state index contributed by atoms with van der Waals surface area (Å²) in [6.45, 7) is 4.53. The first-order valence-corrected chi connectivity index (χ1v) is 6.28. The van der Waals surface area contributed by atoms with Gasteiger partial charge in [0.1, 0.15) is 5.82 Å². The number of aliphatic hydroxyl groups is 1. The number of benzene rings is 1. The van der Waals surface area contributed by atoms with Gasteiger partial charge in [-0.25, -0.2) is 9.37 Å². The minimum atomic E-state index is -0.302. The third-order valence-corrected chi connectivity index (χ3v) is 3.01. The lowest BCUT2D eigenvalue weighted by Gasteiger charge is -2.19. The van der Waals surface area contributed by atoms with E-state index in [9.17, 15) is 9.50 Å². The second-order valence-electron chi connectivity index (χ2n) is 4.50. The minimum Gasteiger partial charge on any atom is -0.394 e. The number of anilines is 1. The van der Waals surface area contributed by atoms with Crippen LogP contribution in [-0.4, -0.2) is 21.3 Å². The SMILES string of the molecule is CCn1cncc1C(CO)Nc1cc(C)cc(F)c1. The highest BCUT2D eigenvalue weighted by atomic mass is 19.1. The van der Waals surface area contributed by atoms with Gasteiger partial charge in [-0.1, -0.05) is 0 Å². The summed E-state index contributed by atoms with van der Waals surface area (Å²) in [7, 11) is 0. The lowest BCUT2D eigenvalue weighted by molar-refractivity contribution is 0.272. The number of hydrogen-bond donors (Lipinski definition) is 2. The largest absolute Gasteiger partial charge is 0.394 e. The number of halogens is 1. The summed E-state index contributed by atoms with van der Waals surface area (Å²) in [5.41, 5.74) is 2.37. The molecule has 0 bridgehead atoms. The molecule has 0 spiro atoms. The van der Waals surface area contributed by atoms with Crippen LogP contribution in [0.3, 0.4) is 0 Å². The van der Waals surface area contributed by atoms with E-state index < -0.39 is 0 Å². The quantitative estimate of drug-likeness (QED) is 0.871. The molecule has 2 aromatic rings. The van der Waals surface area contributed by atoms with Crippen molar-refractivity contribution in [2.75, 3.05) is 11.9 Å². The first-order chi connectivity index (χ1) is 9.13. The third-order valence-electron chi connectivity index (χ3n) is 3.01. The molecule has 0 fully saturated rings. The zero-order chi connectivity index (χ0) is 13.8. The van der Waals surface area contributed by atoms with E-state index in [1.165, 1.54) is 12.1 Å². The number of nitrogens with zero attached hydrogens (tertiary/aromatic N) is 2. The molecule has 0 aliphatic rings. The molecule has 5 heteroatoms. The van der Waals surface area contributed by atoms with Crippen molar-refractivity contribution in [3.8, 4) is 0 Å². The maximum atomic E-state index is 13.4. The monoisotopic (exact) mass is 263 g/mol.